The number of carbonyl (C=O) groups is 2. The zero-order valence-electron chi connectivity index (χ0n) is 24.0. The molecule has 5 rings (SSSR count). The number of likely N-dealkylation sites (N-methyl/N-ethyl adjacent to an activating group) is 2. The lowest BCUT2D eigenvalue weighted by Crippen LogP contribution is -2.53. The van der Waals surface area contributed by atoms with Gasteiger partial charge in [-0.3, -0.25) is 19.4 Å². The third kappa shape index (κ3) is 6.28. The molecule has 2 aliphatic heterocycles. The van der Waals surface area contributed by atoms with E-state index in [4.69, 9.17) is 0 Å². The molecule has 4 atom stereocenters. The van der Waals surface area contributed by atoms with Gasteiger partial charge in [0.15, 0.2) is 0 Å². The van der Waals surface area contributed by atoms with Crippen molar-refractivity contribution in [1.29, 1.82) is 0 Å². The van der Waals surface area contributed by atoms with Crippen LogP contribution in [0.1, 0.15) is 88.2 Å². The Balaban J connectivity index is 1.23. The number of likely N-dealkylation sites (tertiary alicyclic amines) is 2. The Kier molecular flexibility index (Phi) is 9.42. The summed E-state index contributed by atoms with van der Waals surface area (Å²) in [6, 6.07) is 9.76. The third-order valence-corrected chi connectivity index (χ3v) is 10.2. The lowest BCUT2D eigenvalue weighted by Gasteiger charge is -2.43. The van der Waals surface area contributed by atoms with Crippen molar-refractivity contribution in [3.05, 3.63) is 35.4 Å². The summed E-state index contributed by atoms with van der Waals surface area (Å²) < 4.78 is 0. The van der Waals surface area contributed by atoms with E-state index in [-0.39, 0.29) is 11.8 Å². The molecular weight excluding hydrogens is 472 g/mol. The van der Waals surface area contributed by atoms with Crippen molar-refractivity contribution in [3.8, 4) is 0 Å². The quantitative estimate of drug-likeness (QED) is 0.504. The number of benzene rings is 1. The van der Waals surface area contributed by atoms with Crippen molar-refractivity contribution in [2.24, 2.45) is 0 Å². The Morgan fingerprint density at radius 1 is 0.632 bits per heavy atom. The minimum Gasteiger partial charge on any atom is -0.341 e. The Bertz CT molecular complexity index is 864. The Morgan fingerprint density at radius 2 is 1.00 bits per heavy atom. The highest BCUT2D eigenvalue weighted by atomic mass is 16.2. The van der Waals surface area contributed by atoms with E-state index in [1.807, 2.05) is 26.2 Å². The SMILES string of the molecule is CN(C(=O)Cc1ccccc1CC(=O)N(C)[C@@H]1CCCC[C@H]1N1CCCC1)C1CCCCC1N1CCCC1. The lowest BCUT2D eigenvalue weighted by molar-refractivity contribution is -0.134. The largest absolute Gasteiger partial charge is 0.341 e. The molecule has 6 nitrogen and oxygen atoms in total. The molecule has 2 amide bonds. The standard InChI is InChI=1S/C32H50N4O2/c1-33(27-15-5-7-17-29(27)35-19-9-10-20-35)31(37)23-25-13-3-4-14-26(25)24-32(38)34(2)28-16-6-8-18-30(28)36-21-11-12-22-36/h3-4,13-14,27-30H,5-12,15-24H2,1-2H3/t27-,28?,29-,30?/m1/s1. The first-order valence-electron chi connectivity index (χ1n) is 15.6. The fourth-order valence-electron chi connectivity index (χ4n) is 7.93. The normalized spacial score (nSPS) is 28.9. The van der Waals surface area contributed by atoms with Gasteiger partial charge in [-0.25, -0.2) is 0 Å². The Morgan fingerprint density at radius 3 is 1.39 bits per heavy atom. The van der Waals surface area contributed by atoms with E-state index in [9.17, 15) is 9.59 Å². The fourth-order valence-corrected chi connectivity index (χ4v) is 7.93. The first-order chi connectivity index (χ1) is 18.5. The zero-order valence-corrected chi connectivity index (χ0v) is 24.0. The van der Waals surface area contributed by atoms with Gasteiger partial charge >= 0.3 is 0 Å². The van der Waals surface area contributed by atoms with Gasteiger partial charge in [0.25, 0.3) is 0 Å². The van der Waals surface area contributed by atoms with Gasteiger partial charge < -0.3 is 9.80 Å². The van der Waals surface area contributed by atoms with Crippen molar-refractivity contribution >= 4 is 11.8 Å². The molecule has 0 radical (unpaired) electrons. The van der Waals surface area contributed by atoms with Gasteiger partial charge in [-0.05, 0) is 88.7 Å². The maximum atomic E-state index is 13.6. The average molecular weight is 523 g/mol. The Hall–Kier alpha value is -1.92. The maximum absolute atomic E-state index is 13.6. The van der Waals surface area contributed by atoms with Gasteiger partial charge in [0.2, 0.25) is 11.8 Å². The summed E-state index contributed by atoms with van der Waals surface area (Å²) in [6.45, 7) is 4.73. The van der Waals surface area contributed by atoms with Crippen LogP contribution in [-0.2, 0) is 22.4 Å². The molecule has 4 fully saturated rings. The first-order valence-corrected chi connectivity index (χ1v) is 15.6. The smallest absolute Gasteiger partial charge is 0.227 e. The Labute approximate surface area is 230 Å². The highest BCUT2D eigenvalue weighted by Gasteiger charge is 2.37. The molecule has 0 spiro atoms. The first kappa shape index (κ1) is 27.6. The second-order valence-corrected chi connectivity index (χ2v) is 12.5. The zero-order chi connectivity index (χ0) is 26.5. The monoisotopic (exact) mass is 522 g/mol. The predicted octanol–water partition coefficient (Wildman–Crippen LogP) is 4.50. The average Bonchev–Trinajstić information content (AvgIpc) is 3.68. The molecule has 4 aliphatic rings. The van der Waals surface area contributed by atoms with E-state index in [1.165, 1.54) is 90.4 Å². The molecule has 38 heavy (non-hydrogen) atoms. The third-order valence-electron chi connectivity index (χ3n) is 10.2. The molecule has 210 valence electrons. The maximum Gasteiger partial charge on any atom is 0.227 e. The van der Waals surface area contributed by atoms with Crippen molar-refractivity contribution in [2.45, 2.75) is 114 Å². The highest BCUT2D eigenvalue weighted by Crippen LogP contribution is 2.31. The van der Waals surface area contributed by atoms with Crippen LogP contribution in [0.2, 0.25) is 0 Å². The van der Waals surface area contributed by atoms with Crippen LogP contribution in [0.4, 0.5) is 0 Å². The molecule has 0 aromatic heterocycles. The second-order valence-electron chi connectivity index (χ2n) is 12.5. The van der Waals surface area contributed by atoms with Crippen molar-refractivity contribution < 1.29 is 9.59 Å². The van der Waals surface area contributed by atoms with Crippen LogP contribution in [0, 0.1) is 0 Å². The van der Waals surface area contributed by atoms with Gasteiger partial charge in [0.05, 0.1) is 12.8 Å². The summed E-state index contributed by atoms with van der Waals surface area (Å²) in [5, 5.41) is 0. The number of carbonyl (C=O) groups excluding carboxylic acids is 2. The van der Waals surface area contributed by atoms with Gasteiger partial charge in [0, 0.05) is 38.3 Å². The number of hydrogen-bond acceptors (Lipinski definition) is 4. The van der Waals surface area contributed by atoms with Crippen LogP contribution in [0.5, 0.6) is 0 Å². The summed E-state index contributed by atoms with van der Waals surface area (Å²) in [5.74, 6) is 0.381. The van der Waals surface area contributed by atoms with Crippen LogP contribution in [0.25, 0.3) is 0 Å². The van der Waals surface area contributed by atoms with E-state index < -0.39 is 0 Å². The van der Waals surface area contributed by atoms with Crippen LogP contribution in [0.15, 0.2) is 24.3 Å². The summed E-state index contributed by atoms with van der Waals surface area (Å²) in [5.41, 5.74) is 2.03. The number of amides is 2. The van der Waals surface area contributed by atoms with Gasteiger partial charge in [-0.15, -0.1) is 0 Å². The molecular formula is C32H50N4O2. The molecule has 1 aromatic rings. The van der Waals surface area contributed by atoms with E-state index in [2.05, 4.69) is 31.7 Å². The van der Waals surface area contributed by atoms with Gasteiger partial charge in [0.1, 0.15) is 0 Å². The van der Waals surface area contributed by atoms with Crippen LogP contribution in [-0.4, -0.2) is 95.9 Å². The number of nitrogens with zero attached hydrogens (tertiary/aromatic N) is 4. The molecule has 2 heterocycles. The van der Waals surface area contributed by atoms with Crippen molar-refractivity contribution in [3.63, 3.8) is 0 Å². The van der Waals surface area contributed by atoms with Gasteiger partial charge in [-0.2, -0.15) is 0 Å². The van der Waals surface area contributed by atoms with Crippen LogP contribution < -0.4 is 0 Å². The predicted molar refractivity (Wildman–Crippen MR) is 153 cm³/mol. The fraction of sp³-hybridized carbons (Fsp3) is 0.750. The molecule has 2 unspecified atom stereocenters. The number of rotatable bonds is 8. The molecule has 2 aliphatic carbocycles. The minimum absolute atomic E-state index is 0.190. The minimum atomic E-state index is 0.190. The second kappa shape index (κ2) is 13.0. The van der Waals surface area contributed by atoms with Crippen molar-refractivity contribution in [2.75, 3.05) is 40.3 Å². The van der Waals surface area contributed by atoms with E-state index in [0.717, 1.165) is 24.0 Å². The van der Waals surface area contributed by atoms with Crippen LogP contribution >= 0.6 is 0 Å². The van der Waals surface area contributed by atoms with E-state index >= 15 is 0 Å². The van der Waals surface area contributed by atoms with Crippen LogP contribution in [0.3, 0.4) is 0 Å². The molecule has 1 aromatic carbocycles. The van der Waals surface area contributed by atoms with Crippen molar-refractivity contribution in [1.82, 2.24) is 19.6 Å². The topological polar surface area (TPSA) is 47.1 Å². The number of hydrogen-bond donors (Lipinski definition) is 0. The summed E-state index contributed by atoms with van der Waals surface area (Å²) in [6.07, 6.45) is 15.5. The summed E-state index contributed by atoms with van der Waals surface area (Å²) in [4.78, 5) is 36.5. The lowest BCUT2D eigenvalue weighted by atomic mass is 9.87. The molecule has 0 N–H and O–H groups in total. The van der Waals surface area contributed by atoms with Gasteiger partial charge in [-0.1, -0.05) is 49.9 Å². The van der Waals surface area contributed by atoms with E-state index in [0.29, 0.717) is 37.0 Å². The molecule has 6 heteroatoms. The summed E-state index contributed by atoms with van der Waals surface area (Å²) >= 11 is 0. The molecule has 2 saturated heterocycles. The summed E-state index contributed by atoms with van der Waals surface area (Å²) in [7, 11) is 4.04. The highest BCUT2D eigenvalue weighted by molar-refractivity contribution is 5.82. The molecule has 0 bridgehead atoms. The van der Waals surface area contributed by atoms with E-state index in [1.54, 1.807) is 0 Å². The molecule has 2 saturated carbocycles.